The lowest BCUT2D eigenvalue weighted by molar-refractivity contribution is -0.149. The van der Waals surface area contributed by atoms with Crippen molar-refractivity contribution in [1.29, 1.82) is 0 Å². The van der Waals surface area contributed by atoms with Crippen molar-refractivity contribution in [1.82, 2.24) is 10.2 Å². The predicted molar refractivity (Wildman–Crippen MR) is 102 cm³/mol. The molecule has 1 heterocycles. The Hall–Kier alpha value is -3.35. The maximum absolute atomic E-state index is 12.4. The average molecular weight is 382 g/mol. The molecular weight excluding hydrogens is 360 g/mol. The summed E-state index contributed by atoms with van der Waals surface area (Å²) < 4.78 is 5.68. The molecule has 1 saturated heterocycles. The first kappa shape index (κ1) is 19.4. The largest absolute Gasteiger partial charge is 0.480 e. The van der Waals surface area contributed by atoms with Gasteiger partial charge in [0.15, 0.2) is 0 Å². The van der Waals surface area contributed by atoms with E-state index < -0.39 is 23.8 Å². The van der Waals surface area contributed by atoms with Crippen LogP contribution in [0.1, 0.15) is 30.1 Å². The molecule has 3 rings (SSSR count). The number of nitrogens with zero attached hydrogens (tertiary/aromatic N) is 1. The van der Waals surface area contributed by atoms with Gasteiger partial charge < -0.3 is 20.1 Å². The van der Waals surface area contributed by atoms with Gasteiger partial charge in [-0.2, -0.15) is 0 Å². The Morgan fingerprint density at radius 2 is 1.68 bits per heavy atom. The number of carbonyl (C=O) groups excluding carboxylic acids is 2. The molecular formula is C21H22N2O5. The van der Waals surface area contributed by atoms with Crippen LogP contribution in [0.4, 0.5) is 0 Å². The van der Waals surface area contributed by atoms with Crippen LogP contribution in [0.5, 0.6) is 11.5 Å². The van der Waals surface area contributed by atoms with Gasteiger partial charge in [-0.25, -0.2) is 4.79 Å². The molecule has 2 amide bonds. The zero-order valence-corrected chi connectivity index (χ0v) is 15.5. The first-order valence-electron chi connectivity index (χ1n) is 9.11. The Morgan fingerprint density at radius 1 is 1.04 bits per heavy atom. The highest BCUT2D eigenvalue weighted by molar-refractivity contribution is 5.97. The van der Waals surface area contributed by atoms with E-state index in [4.69, 9.17) is 4.74 Å². The second-order valence-electron chi connectivity index (χ2n) is 6.70. The summed E-state index contributed by atoms with van der Waals surface area (Å²) in [6.07, 6.45) is 1.07. The fourth-order valence-electron chi connectivity index (χ4n) is 3.29. The molecule has 0 saturated carbocycles. The van der Waals surface area contributed by atoms with E-state index in [0.29, 0.717) is 29.9 Å². The number of carbonyl (C=O) groups is 3. The molecule has 0 spiro atoms. The number of carboxylic acids is 1. The average Bonchev–Trinajstić information content (AvgIpc) is 3.09. The third-order valence-corrected chi connectivity index (χ3v) is 4.74. The van der Waals surface area contributed by atoms with Crippen LogP contribution < -0.4 is 10.1 Å². The Morgan fingerprint density at radius 3 is 2.32 bits per heavy atom. The van der Waals surface area contributed by atoms with E-state index in [2.05, 4.69) is 5.32 Å². The van der Waals surface area contributed by atoms with Crippen LogP contribution in [0.3, 0.4) is 0 Å². The number of carboxylic acid groups (broad SMARTS) is 1. The standard InChI is InChI=1S/C21H22N2O5/c1-14-7-12-18(21(26)27)23(14)19(24)13-22-20(25)15-8-10-17(11-9-15)28-16-5-3-2-4-6-16/h2-6,8-11,14,18H,7,12-13H2,1H3,(H,22,25)(H,26,27). The Kier molecular flexibility index (Phi) is 5.93. The van der Waals surface area contributed by atoms with Gasteiger partial charge in [0.25, 0.3) is 5.91 Å². The van der Waals surface area contributed by atoms with Crippen molar-refractivity contribution in [3.63, 3.8) is 0 Å². The zero-order valence-electron chi connectivity index (χ0n) is 15.5. The molecule has 2 aromatic carbocycles. The second kappa shape index (κ2) is 8.56. The van der Waals surface area contributed by atoms with Crippen LogP contribution in [0, 0.1) is 0 Å². The lowest BCUT2D eigenvalue weighted by atomic mass is 10.2. The van der Waals surface area contributed by atoms with Crippen molar-refractivity contribution in [3.8, 4) is 11.5 Å². The molecule has 0 aromatic heterocycles. The summed E-state index contributed by atoms with van der Waals surface area (Å²) in [5, 5.41) is 11.8. The SMILES string of the molecule is CC1CCC(C(=O)O)N1C(=O)CNC(=O)c1ccc(Oc2ccccc2)cc1. The van der Waals surface area contributed by atoms with E-state index >= 15 is 0 Å². The molecule has 0 radical (unpaired) electrons. The molecule has 1 fully saturated rings. The first-order chi connectivity index (χ1) is 13.5. The van der Waals surface area contributed by atoms with Crippen molar-refractivity contribution in [2.75, 3.05) is 6.54 Å². The Balaban J connectivity index is 1.56. The molecule has 2 unspecified atom stereocenters. The van der Waals surface area contributed by atoms with Crippen molar-refractivity contribution < 1.29 is 24.2 Å². The van der Waals surface area contributed by atoms with Crippen molar-refractivity contribution in [2.24, 2.45) is 0 Å². The van der Waals surface area contributed by atoms with Crippen LogP contribution in [-0.4, -0.2) is 46.4 Å². The van der Waals surface area contributed by atoms with E-state index in [-0.39, 0.29) is 12.6 Å². The van der Waals surface area contributed by atoms with Gasteiger partial charge >= 0.3 is 5.97 Å². The first-order valence-corrected chi connectivity index (χ1v) is 9.11. The number of rotatable bonds is 6. The van der Waals surface area contributed by atoms with Gasteiger partial charge in [-0.15, -0.1) is 0 Å². The number of benzene rings is 2. The van der Waals surface area contributed by atoms with Crippen molar-refractivity contribution >= 4 is 17.8 Å². The maximum Gasteiger partial charge on any atom is 0.326 e. The van der Waals surface area contributed by atoms with Gasteiger partial charge in [0.1, 0.15) is 17.5 Å². The number of hydrogen-bond acceptors (Lipinski definition) is 4. The number of hydrogen-bond donors (Lipinski definition) is 2. The summed E-state index contributed by atoms with van der Waals surface area (Å²) >= 11 is 0. The summed E-state index contributed by atoms with van der Waals surface area (Å²) in [5.41, 5.74) is 0.387. The van der Waals surface area contributed by atoms with Gasteiger partial charge in [0.2, 0.25) is 5.91 Å². The number of ether oxygens (including phenoxy) is 1. The van der Waals surface area contributed by atoms with E-state index in [0.717, 1.165) is 0 Å². The topological polar surface area (TPSA) is 95.9 Å². The van der Waals surface area contributed by atoms with Gasteiger partial charge in [0.05, 0.1) is 6.54 Å². The molecule has 7 heteroatoms. The van der Waals surface area contributed by atoms with Crippen LogP contribution in [0.25, 0.3) is 0 Å². The number of likely N-dealkylation sites (tertiary alicyclic amines) is 1. The van der Waals surface area contributed by atoms with Gasteiger partial charge in [0, 0.05) is 11.6 Å². The van der Waals surface area contributed by atoms with Crippen LogP contribution in [-0.2, 0) is 9.59 Å². The quantitative estimate of drug-likeness (QED) is 0.801. The van der Waals surface area contributed by atoms with Gasteiger partial charge in [-0.05, 0) is 56.2 Å². The Labute approximate surface area is 162 Å². The number of aliphatic carboxylic acids is 1. The Bertz CT molecular complexity index is 851. The van der Waals surface area contributed by atoms with Crippen LogP contribution in [0.15, 0.2) is 54.6 Å². The number of amides is 2. The lowest BCUT2D eigenvalue weighted by Crippen LogP contribution is -2.48. The van der Waals surface area contributed by atoms with Gasteiger partial charge in [-0.3, -0.25) is 9.59 Å². The highest BCUT2D eigenvalue weighted by Crippen LogP contribution is 2.24. The smallest absolute Gasteiger partial charge is 0.326 e. The summed E-state index contributed by atoms with van der Waals surface area (Å²) in [6, 6.07) is 14.9. The van der Waals surface area contributed by atoms with Crippen LogP contribution in [0.2, 0.25) is 0 Å². The highest BCUT2D eigenvalue weighted by Gasteiger charge is 2.38. The van der Waals surface area contributed by atoms with E-state index in [1.54, 1.807) is 24.3 Å². The van der Waals surface area contributed by atoms with Crippen molar-refractivity contribution in [2.45, 2.75) is 31.8 Å². The zero-order chi connectivity index (χ0) is 20.1. The fraction of sp³-hybridized carbons (Fsp3) is 0.286. The summed E-state index contributed by atoms with van der Waals surface area (Å²) in [6.45, 7) is 1.57. The lowest BCUT2D eigenvalue weighted by Gasteiger charge is -2.26. The highest BCUT2D eigenvalue weighted by atomic mass is 16.5. The molecule has 146 valence electrons. The van der Waals surface area contributed by atoms with Crippen molar-refractivity contribution in [3.05, 3.63) is 60.2 Å². The summed E-state index contributed by atoms with van der Waals surface area (Å²) in [7, 11) is 0. The normalized spacial score (nSPS) is 18.5. The minimum Gasteiger partial charge on any atom is -0.480 e. The molecule has 2 atom stereocenters. The van der Waals surface area contributed by atoms with E-state index in [1.807, 2.05) is 37.3 Å². The minimum atomic E-state index is -1.02. The molecule has 2 N–H and O–H groups in total. The third-order valence-electron chi connectivity index (χ3n) is 4.74. The second-order valence-corrected chi connectivity index (χ2v) is 6.70. The molecule has 1 aliphatic heterocycles. The molecule has 28 heavy (non-hydrogen) atoms. The van der Waals surface area contributed by atoms with Crippen LogP contribution >= 0.6 is 0 Å². The monoisotopic (exact) mass is 382 g/mol. The molecule has 0 aliphatic carbocycles. The molecule has 2 aromatic rings. The predicted octanol–water partition coefficient (Wildman–Crippen LogP) is 2.67. The fourth-order valence-corrected chi connectivity index (χ4v) is 3.29. The maximum atomic E-state index is 12.4. The third kappa shape index (κ3) is 4.49. The molecule has 1 aliphatic rings. The van der Waals surface area contributed by atoms with E-state index in [9.17, 15) is 19.5 Å². The number of nitrogens with one attached hydrogen (secondary N) is 1. The summed E-state index contributed by atoms with van der Waals surface area (Å²) in [4.78, 5) is 37.3. The molecule has 7 nitrogen and oxygen atoms in total. The molecule has 0 bridgehead atoms. The summed E-state index contributed by atoms with van der Waals surface area (Å²) in [5.74, 6) is -0.529. The van der Waals surface area contributed by atoms with E-state index in [1.165, 1.54) is 4.90 Å². The minimum absolute atomic E-state index is 0.153. The van der Waals surface area contributed by atoms with Gasteiger partial charge in [-0.1, -0.05) is 18.2 Å². The number of para-hydroxylation sites is 1.